The maximum absolute atomic E-state index is 6.73. The van der Waals surface area contributed by atoms with E-state index in [1.807, 2.05) is 0 Å². The third-order valence-corrected chi connectivity index (χ3v) is 9.51. The van der Waals surface area contributed by atoms with E-state index < -0.39 is 0 Å². The molecule has 2 heterocycles. The van der Waals surface area contributed by atoms with Crippen LogP contribution in [0, 0.1) is 0 Å². The molecule has 1 atom stereocenters. The Bertz CT molecular complexity index is 2140. The number of aromatic nitrogens is 1. The highest BCUT2D eigenvalue weighted by Crippen LogP contribution is 2.53. The molecule has 184 valence electrons. The molecule has 8 rings (SSSR count). The number of rotatable bonds is 2. The largest absolute Gasteiger partial charge is 0.453 e. The van der Waals surface area contributed by atoms with Crippen LogP contribution in [0.25, 0.3) is 60.6 Å². The van der Waals surface area contributed by atoms with Crippen molar-refractivity contribution in [3.8, 4) is 16.8 Å². The van der Waals surface area contributed by atoms with Gasteiger partial charge in [0.1, 0.15) is 5.58 Å². The topological polar surface area (TPSA) is 18.1 Å². The molecule has 1 aliphatic carbocycles. The summed E-state index contributed by atoms with van der Waals surface area (Å²) in [6.07, 6.45) is 2.15. The summed E-state index contributed by atoms with van der Waals surface area (Å²) in [5.41, 5.74) is 10.8. The molecule has 2 nitrogen and oxygen atoms in total. The number of fused-ring (bicyclic) bond motifs is 10. The molecule has 1 aliphatic rings. The first kappa shape index (κ1) is 22.0. The van der Waals surface area contributed by atoms with E-state index in [0.29, 0.717) is 0 Å². The second-order valence-electron chi connectivity index (χ2n) is 10.9. The van der Waals surface area contributed by atoms with Gasteiger partial charge in [-0.2, -0.15) is 10.5 Å². The first-order valence-electron chi connectivity index (χ1n) is 13.0. The smallest absolute Gasteiger partial charge is 0.159 e. The summed E-state index contributed by atoms with van der Waals surface area (Å²) >= 11 is 0. The summed E-state index contributed by atoms with van der Waals surface area (Å²) in [7, 11) is -0.147. The van der Waals surface area contributed by atoms with Gasteiger partial charge in [0.2, 0.25) is 0 Å². The molecule has 0 N–H and O–H groups in total. The van der Waals surface area contributed by atoms with Gasteiger partial charge in [-0.25, -0.2) is 0 Å². The minimum Gasteiger partial charge on any atom is -0.453 e. The fourth-order valence-electron chi connectivity index (χ4n) is 6.82. The van der Waals surface area contributed by atoms with Gasteiger partial charge < -0.3 is 8.98 Å². The highest BCUT2D eigenvalue weighted by Gasteiger charge is 2.38. The average Bonchev–Trinajstić information content (AvgIpc) is 3.55. The zero-order valence-electron chi connectivity index (χ0n) is 21.7. The molecule has 0 radical (unpaired) electrons. The van der Waals surface area contributed by atoms with E-state index >= 15 is 0 Å². The van der Waals surface area contributed by atoms with Gasteiger partial charge in [-0.3, -0.25) is 0 Å². The van der Waals surface area contributed by atoms with Crippen molar-refractivity contribution in [2.24, 2.45) is 0 Å². The molecule has 0 saturated carbocycles. The van der Waals surface area contributed by atoms with Crippen LogP contribution in [0.5, 0.6) is 0 Å². The van der Waals surface area contributed by atoms with Gasteiger partial charge in [0, 0.05) is 31.9 Å². The Hall–Kier alpha value is -4.08. The lowest BCUT2D eigenvalue weighted by atomic mass is 9.80. The third kappa shape index (κ3) is 2.67. The molecule has 3 heteroatoms. The first-order valence-corrected chi connectivity index (χ1v) is 14.8. The Morgan fingerprint density at radius 2 is 1.39 bits per heavy atom. The zero-order chi connectivity index (χ0) is 25.8. The number of benzene rings is 5. The Kier molecular flexibility index (Phi) is 4.33. The summed E-state index contributed by atoms with van der Waals surface area (Å²) in [5.74, 6) is 4.31. The number of nitrogens with zero attached hydrogens (tertiary/aromatic N) is 1. The summed E-state index contributed by atoms with van der Waals surface area (Å²) in [4.78, 5) is 1.17. The lowest BCUT2D eigenvalue weighted by Crippen LogP contribution is -2.15. The maximum Gasteiger partial charge on any atom is 0.159 e. The number of hydrogen-bond acceptors (Lipinski definition) is 1. The molecule has 38 heavy (non-hydrogen) atoms. The summed E-state index contributed by atoms with van der Waals surface area (Å²) < 4.78 is 9.14. The lowest BCUT2D eigenvalue weighted by Gasteiger charge is -2.22. The lowest BCUT2D eigenvalue weighted by molar-refractivity contribution is 0.658. The van der Waals surface area contributed by atoms with Gasteiger partial charge in [0.25, 0.3) is 0 Å². The number of para-hydroxylation sites is 3. The molecule has 0 aliphatic heterocycles. The molecule has 2 aromatic heterocycles. The minimum absolute atomic E-state index is 0.0914. The Balaban J connectivity index is 1.53. The van der Waals surface area contributed by atoms with E-state index in [1.165, 1.54) is 49.0 Å². The Morgan fingerprint density at radius 1 is 0.684 bits per heavy atom. The van der Waals surface area contributed by atoms with Gasteiger partial charge in [-0.05, 0) is 52.8 Å². The molecule has 0 saturated heterocycles. The highest BCUT2D eigenvalue weighted by molar-refractivity contribution is 8.13. The van der Waals surface area contributed by atoms with Crippen molar-refractivity contribution in [2.75, 3.05) is 6.26 Å². The van der Waals surface area contributed by atoms with Crippen LogP contribution in [0.15, 0.2) is 106 Å². The van der Waals surface area contributed by atoms with E-state index in [9.17, 15) is 0 Å². The van der Waals surface area contributed by atoms with Crippen molar-refractivity contribution in [3.05, 3.63) is 108 Å². The molecular formula is C35H27NOS. The Morgan fingerprint density at radius 3 is 2.24 bits per heavy atom. The quantitative estimate of drug-likeness (QED) is 0.212. The molecule has 5 aromatic carbocycles. The number of furan rings is 1. The van der Waals surface area contributed by atoms with Crippen molar-refractivity contribution in [1.29, 1.82) is 0 Å². The molecule has 0 amide bonds. The summed E-state index contributed by atoms with van der Waals surface area (Å²) in [5, 5.41) is 4.91. The van der Waals surface area contributed by atoms with Crippen LogP contribution in [-0.4, -0.2) is 16.7 Å². The van der Waals surface area contributed by atoms with Crippen molar-refractivity contribution in [3.63, 3.8) is 0 Å². The van der Waals surface area contributed by atoms with Gasteiger partial charge in [0.15, 0.2) is 5.58 Å². The average molecular weight is 510 g/mol. The summed E-state index contributed by atoms with van der Waals surface area (Å²) in [6.45, 7) is 4.73. The standard InChI is InChI=1S/C35H27NOS/c1-35(2)26-15-7-5-11-21(26)22-19-20-28-31(32(22)35)25-12-6-8-16-27(25)36(28)29-17-9-13-23-24-14-10-18-30(38(3)4)34(24)37-33(23)29/h5-20H,3H2,1-2,4H3. The van der Waals surface area contributed by atoms with Crippen LogP contribution < -0.4 is 0 Å². The van der Waals surface area contributed by atoms with E-state index in [-0.39, 0.29) is 15.9 Å². The van der Waals surface area contributed by atoms with E-state index in [1.54, 1.807) is 0 Å². The second kappa shape index (κ2) is 7.49. The van der Waals surface area contributed by atoms with Crippen LogP contribution in [0.3, 0.4) is 0 Å². The molecule has 0 bridgehead atoms. The molecular weight excluding hydrogens is 482 g/mol. The van der Waals surface area contributed by atoms with Crippen LogP contribution in [0.1, 0.15) is 25.0 Å². The maximum atomic E-state index is 6.73. The van der Waals surface area contributed by atoms with E-state index in [4.69, 9.17) is 4.42 Å². The van der Waals surface area contributed by atoms with Crippen LogP contribution >= 0.6 is 10.5 Å². The first-order chi connectivity index (χ1) is 18.5. The predicted molar refractivity (Wildman–Crippen MR) is 165 cm³/mol. The minimum atomic E-state index is -0.147. The van der Waals surface area contributed by atoms with Gasteiger partial charge >= 0.3 is 0 Å². The number of hydrogen-bond donors (Lipinski definition) is 0. The molecule has 1 unspecified atom stereocenters. The summed E-state index contributed by atoms with van der Waals surface area (Å²) in [6, 6.07) is 35.3. The van der Waals surface area contributed by atoms with Gasteiger partial charge in [0.05, 0.1) is 16.7 Å². The molecule has 0 fully saturated rings. The van der Waals surface area contributed by atoms with E-state index in [0.717, 1.165) is 27.6 Å². The molecule has 7 aromatic rings. The van der Waals surface area contributed by atoms with Crippen LogP contribution in [-0.2, 0) is 5.41 Å². The SMILES string of the molecule is C=S(C)c1cccc2c1oc1c(-n3c4ccccc4c4c5c(ccc43)-c3ccccc3C5(C)C)cccc12. The van der Waals surface area contributed by atoms with Crippen LogP contribution in [0.4, 0.5) is 0 Å². The third-order valence-electron chi connectivity index (χ3n) is 8.44. The van der Waals surface area contributed by atoms with Crippen LogP contribution in [0.2, 0.25) is 0 Å². The fraction of sp³-hybridized carbons (Fsp3) is 0.114. The van der Waals surface area contributed by atoms with Crippen molar-refractivity contribution >= 4 is 60.1 Å². The van der Waals surface area contributed by atoms with Crippen molar-refractivity contribution in [2.45, 2.75) is 24.2 Å². The fourth-order valence-corrected chi connectivity index (χ4v) is 7.60. The zero-order valence-corrected chi connectivity index (χ0v) is 22.5. The monoisotopic (exact) mass is 509 g/mol. The highest BCUT2D eigenvalue weighted by atomic mass is 32.2. The molecule has 0 spiro atoms. The van der Waals surface area contributed by atoms with Gasteiger partial charge in [-0.15, -0.1) is 0 Å². The predicted octanol–water partition coefficient (Wildman–Crippen LogP) is 9.68. The Labute approximate surface area is 224 Å². The normalized spacial score (nSPS) is 14.9. The van der Waals surface area contributed by atoms with E-state index in [2.05, 4.69) is 128 Å². The van der Waals surface area contributed by atoms with Crippen molar-refractivity contribution < 1.29 is 4.42 Å². The second-order valence-corrected chi connectivity index (χ2v) is 12.6. The van der Waals surface area contributed by atoms with Crippen molar-refractivity contribution in [1.82, 2.24) is 4.57 Å². The van der Waals surface area contributed by atoms with Gasteiger partial charge in [-0.1, -0.05) is 92.5 Å².